The minimum atomic E-state index is 1.02. The lowest BCUT2D eigenvalue weighted by Gasteiger charge is -2.08. The number of nitrogens with zero attached hydrogens (tertiary/aromatic N) is 2. The van der Waals surface area contributed by atoms with E-state index in [0.717, 1.165) is 37.1 Å². The van der Waals surface area contributed by atoms with Crippen LogP contribution >= 0.6 is 0 Å². The van der Waals surface area contributed by atoms with Gasteiger partial charge in [-0.05, 0) is 51.7 Å². The molecule has 84 valence electrons. The van der Waals surface area contributed by atoms with E-state index in [4.69, 9.17) is 0 Å². The molecule has 0 amide bonds. The minimum absolute atomic E-state index is 1.02. The predicted octanol–water partition coefficient (Wildman–Crippen LogP) is 4.69. The number of rotatable bonds is 2. The van der Waals surface area contributed by atoms with Crippen molar-refractivity contribution in [3.8, 4) is 0 Å². The molecule has 0 heterocycles. The molecule has 16 heavy (non-hydrogen) atoms. The third-order valence-corrected chi connectivity index (χ3v) is 2.98. The Balaban J connectivity index is 2.00. The highest BCUT2D eigenvalue weighted by Gasteiger charge is 2.04. The molecule has 0 aliphatic heterocycles. The van der Waals surface area contributed by atoms with Crippen LogP contribution in [0.5, 0.6) is 0 Å². The molecule has 0 aromatic heterocycles. The molecule has 2 aliphatic carbocycles. The van der Waals surface area contributed by atoms with E-state index in [9.17, 15) is 0 Å². The summed E-state index contributed by atoms with van der Waals surface area (Å²) in [6.45, 7) is 4.31. The van der Waals surface area contributed by atoms with Gasteiger partial charge in [0.05, 0.1) is 11.4 Å². The zero-order valence-electron chi connectivity index (χ0n) is 10.0. The standard InChI is InChI=1S/C14H18N2/c1-11-3-7-13(8-4-11)15-16-14-9-5-12(2)6-10-14/h3,5,7,9H,4,6,8,10H2,1-2H3. The maximum atomic E-state index is 4.31. The van der Waals surface area contributed by atoms with Crippen molar-refractivity contribution in [2.45, 2.75) is 39.5 Å². The van der Waals surface area contributed by atoms with Crippen molar-refractivity contribution in [2.75, 3.05) is 0 Å². The lowest BCUT2D eigenvalue weighted by atomic mass is 10.0. The first-order valence-electron chi connectivity index (χ1n) is 5.88. The monoisotopic (exact) mass is 214 g/mol. The van der Waals surface area contributed by atoms with E-state index < -0.39 is 0 Å². The maximum absolute atomic E-state index is 4.31. The molecule has 0 bridgehead atoms. The molecule has 0 saturated heterocycles. The second-order valence-electron chi connectivity index (χ2n) is 4.54. The Bertz CT molecular complexity index is 380. The Morgan fingerprint density at radius 3 is 1.44 bits per heavy atom. The van der Waals surface area contributed by atoms with Gasteiger partial charge in [-0.1, -0.05) is 23.3 Å². The van der Waals surface area contributed by atoms with Gasteiger partial charge in [-0.3, -0.25) is 0 Å². The smallest absolute Gasteiger partial charge is 0.0633 e. The molecule has 2 rings (SSSR count). The molecule has 0 atom stereocenters. The van der Waals surface area contributed by atoms with Gasteiger partial charge in [-0.25, -0.2) is 0 Å². The molecule has 2 aliphatic rings. The van der Waals surface area contributed by atoms with Crippen LogP contribution in [0.15, 0.2) is 57.1 Å². The van der Waals surface area contributed by atoms with Crippen LogP contribution in [0.3, 0.4) is 0 Å². The largest absolute Gasteiger partial charge is 0.155 e. The topological polar surface area (TPSA) is 24.7 Å². The highest BCUT2D eigenvalue weighted by atomic mass is 15.1. The number of hydrogen-bond donors (Lipinski definition) is 0. The minimum Gasteiger partial charge on any atom is -0.155 e. The van der Waals surface area contributed by atoms with E-state index in [1.54, 1.807) is 0 Å². The lowest BCUT2D eigenvalue weighted by molar-refractivity contribution is 0.828. The highest BCUT2D eigenvalue weighted by Crippen LogP contribution is 2.22. The first-order chi connectivity index (χ1) is 7.74. The lowest BCUT2D eigenvalue weighted by Crippen LogP contribution is -1.90. The van der Waals surface area contributed by atoms with E-state index in [1.165, 1.54) is 11.1 Å². The van der Waals surface area contributed by atoms with E-state index >= 15 is 0 Å². The van der Waals surface area contributed by atoms with Crippen molar-refractivity contribution in [1.29, 1.82) is 0 Å². The van der Waals surface area contributed by atoms with Crippen molar-refractivity contribution in [2.24, 2.45) is 10.2 Å². The molecule has 0 radical (unpaired) electrons. The molecule has 0 N–H and O–H groups in total. The van der Waals surface area contributed by atoms with Crippen LogP contribution in [0.1, 0.15) is 39.5 Å². The van der Waals surface area contributed by atoms with Crippen molar-refractivity contribution < 1.29 is 0 Å². The zero-order chi connectivity index (χ0) is 11.4. The molecule has 0 aromatic carbocycles. The average molecular weight is 214 g/mol. The summed E-state index contributed by atoms with van der Waals surface area (Å²) in [5.74, 6) is 0. The third kappa shape index (κ3) is 3.02. The normalized spacial score (nSPS) is 21.4. The van der Waals surface area contributed by atoms with E-state index in [0.29, 0.717) is 0 Å². The molecule has 0 spiro atoms. The van der Waals surface area contributed by atoms with Gasteiger partial charge in [0.1, 0.15) is 0 Å². The summed E-state index contributed by atoms with van der Waals surface area (Å²) in [7, 11) is 0. The van der Waals surface area contributed by atoms with Crippen molar-refractivity contribution in [1.82, 2.24) is 0 Å². The van der Waals surface area contributed by atoms with Gasteiger partial charge in [0.2, 0.25) is 0 Å². The second kappa shape index (κ2) is 5.06. The Kier molecular flexibility index (Phi) is 3.50. The fourth-order valence-corrected chi connectivity index (χ4v) is 1.76. The third-order valence-electron chi connectivity index (χ3n) is 2.98. The fourth-order valence-electron chi connectivity index (χ4n) is 1.76. The van der Waals surface area contributed by atoms with Crippen LogP contribution in [0.4, 0.5) is 0 Å². The fraction of sp³-hybridized carbons (Fsp3) is 0.429. The van der Waals surface area contributed by atoms with Crippen molar-refractivity contribution >= 4 is 0 Å². The molecular formula is C14H18N2. The predicted molar refractivity (Wildman–Crippen MR) is 67.0 cm³/mol. The van der Waals surface area contributed by atoms with Crippen LogP contribution < -0.4 is 0 Å². The van der Waals surface area contributed by atoms with E-state index in [1.807, 2.05) is 0 Å². The summed E-state index contributed by atoms with van der Waals surface area (Å²) in [6.07, 6.45) is 12.7. The van der Waals surface area contributed by atoms with Gasteiger partial charge in [-0.15, -0.1) is 0 Å². The first kappa shape index (κ1) is 11.1. The summed E-state index contributed by atoms with van der Waals surface area (Å²) < 4.78 is 0. The molecule has 0 saturated carbocycles. The second-order valence-corrected chi connectivity index (χ2v) is 4.54. The maximum Gasteiger partial charge on any atom is 0.0633 e. The number of hydrogen-bond acceptors (Lipinski definition) is 2. The van der Waals surface area contributed by atoms with Gasteiger partial charge in [0.25, 0.3) is 0 Å². The van der Waals surface area contributed by atoms with Gasteiger partial charge >= 0.3 is 0 Å². The Morgan fingerprint density at radius 2 is 1.12 bits per heavy atom. The molecule has 2 heteroatoms. The Hall–Kier alpha value is -1.44. The molecule has 2 nitrogen and oxygen atoms in total. The molecule has 0 unspecified atom stereocenters. The summed E-state index contributed by atoms with van der Waals surface area (Å²) in [6, 6.07) is 0. The van der Waals surface area contributed by atoms with Crippen molar-refractivity contribution in [3.05, 3.63) is 46.8 Å². The summed E-state index contributed by atoms with van der Waals surface area (Å²) >= 11 is 0. The van der Waals surface area contributed by atoms with Gasteiger partial charge in [0, 0.05) is 0 Å². The van der Waals surface area contributed by atoms with Crippen LogP contribution in [-0.4, -0.2) is 0 Å². The Morgan fingerprint density at radius 1 is 0.688 bits per heavy atom. The summed E-state index contributed by atoms with van der Waals surface area (Å²) in [5.41, 5.74) is 5.04. The molecule has 0 fully saturated rings. The number of allylic oxidation sites excluding steroid dienone is 8. The SMILES string of the molecule is CC1=CC=C(N=NC2=CC=C(C)CC2)CC1. The van der Waals surface area contributed by atoms with Crippen molar-refractivity contribution in [3.63, 3.8) is 0 Å². The summed E-state index contributed by atoms with van der Waals surface area (Å²) in [5, 5.41) is 8.62. The van der Waals surface area contributed by atoms with Gasteiger partial charge < -0.3 is 0 Å². The zero-order valence-corrected chi connectivity index (χ0v) is 10.0. The Labute approximate surface area is 97.2 Å². The molecular weight excluding hydrogens is 196 g/mol. The van der Waals surface area contributed by atoms with Gasteiger partial charge in [-0.2, -0.15) is 10.2 Å². The van der Waals surface area contributed by atoms with Crippen LogP contribution in [0.25, 0.3) is 0 Å². The quantitative estimate of drug-likeness (QED) is 0.596. The molecule has 0 aromatic rings. The van der Waals surface area contributed by atoms with Crippen LogP contribution in [0, 0.1) is 0 Å². The van der Waals surface area contributed by atoms with Crippen LogP contribution in [0.2, 0.25) is 0 Å². The summed E-state index contributed by atoms with van der Waals surface area (Å²) in [4.78, 5) is 0. The van der Waals surface area contributed by atoms with E-state index in [2.05, 4.69) is 48.4 Å². The van der Waals surface area contributed by atoms with Crippen LogP contribution in [-0.2, 0) is 0 Å². The first-order valence-corrected chi connectivity index (χ1v) is 5.88. The highest BCUT2D eigenvalue weighted by molar-refractivity contribution is 5.24. The van der Waals surface area contributed by atoms with Gasteiger partial charge in [0.15, 0.2) is 0 Å². The number of azo groups is 1. The van der Waals surface area contributed by atoms with E-state index in [-0.39, 0.29) is 0 Å². The average Bonchev–Trinajstić information content (AvgIpc) is 2.30.